The van der Waals surface area contributed by atoms with Crippen LogP contribution in [0.25, 0.3) is 43.8 Å². The zero-order valence-electron chi connectivity index (χ0n) is 18.2. The van der Waals surface area contributed by atoms with E-state index in [2.05, 4.69) is 133 Å². The number of fused-ring (bicyclic) bond motifs is 3. The number of hydrogen-bond acceptors (Lipinski definition) is 1. The maximum atomic E-state index is 3.55. The van der Waals surface area contributed by atoms with E-state index in [-0.39, 0.29) is 0 Å². The molecule has 0 atom stereocenters. The van der Waals surface area contributed by atoms with Crippen LogP contribution in [0, 0.1) is 0 Å². The molecule has 0 aromatic heterocycles. The molecule has 0 saturated carbocycles. The largest absolute Gasteiger partial charge is 0.356 e. The van der Waals surface area contributed by atoms with E-state index in [0.717, 1.165) is 11.4 Å². The summed E-state index contributed by atoms with van der Waals surface area (Å²) in [6.07, 6.45) is 0. The second-order valence-corrected chi connectivity index (χ2v) is 8.34. The van der Waals surface area contributed by atoms with E-state index in [1.165, 1.54) is 43.8 Å². The number of para-hydroxylation sites is 1. The maximum absolute atomic E-state index is 3.55. The lowest BCUT2D eigenvalue weighted by molar-refractivity contribution is 1.53. The molecule has 0 aliphatic carbocycles. The second-order valence-electron chi connectivity index (χ2n) is 8.34. The highest BCUT2D eigenvalue weighted by Gasteiger charge is 2.11. The lowest BCUT2D eigenvalue weighted by Gasteiger charge is -2.15. The SMILES string of the molecule is c1ccc(Nc2ccc(-c3ccccc3)c(-c3ccc4c(ccc5ccccc54)c3)c2)cc1. The summed E-state index contributed by atoms with van der Waals surface area (Å²) in [5.74, 6) is 0. The van der Waals surface area contributed by atoms with Crippen LogP contribution < -0.4 is 5.32 Å². The van der Waals surface area contributed by atoms with Gasteiger partial charge in [-0.3, -0.25) is 0 Å². The van der Waals surface area contributed by atoms with Crippen LogP contribution in [0.5, 0.6) is 0 Å². The van der Waals surface area contributed by atoms with Gasteiger partial charge in [0.05, 0.1) is 0 Å². The molecule has 0 aliphatic heterocycles. The number of rotatable bonds is 4. The predicted octanol–water partition coefficient (Wildman–Crippen LogP) is 9.07. The highest BCUT2D eigenvalue weighted by atomic mass is 14.9. The standard InChI is InChI=1S/C32H23N/c1-3-9-23(10-4-1)30-20-18-28(33-27-12-5-2-6-13-27)22-32(30)26-17-19-31-25(21-26)16-15-24-11-7-8-14-29(24)31/h1-22,33H. The Bertz CT molecular complexity index is 1570. The molecular formula is C32H23N. The third kappa shape index (κ3) is 3.75. The lowest BCUT2D eigenvalue weighted by atomic mass is 9.92. The Labute approximate surface area is 194 Å². The van der Waals surface area contributed by atoms with Crippen LogP contribution in [-0.4, -0.2) is 0 Å². The zero-order chi connectivity index (χ0) is 22.0. The van der Waals surface area contributed by atoms with Gasteiger partial charge in [-0.2, -0.15) is 0 Å². The van der Waals surface area contributed by atoms with Gasteiger partial charge in [-0.05, 0) is 74.1 Å². The van der Waals surface area contributed by atoms with E-state index >= 15 is 0 Å². The highest BCUT2D eigenvalue weighted by molar-refractivity contribution is 6.08. The fourth-order valence-corrected chi connectivity index (χ4v) is 4.60. The van der Waals surface area contributed by atoms with Gasteiger partial charge in [0, 0.05) is 11.4 Å². The minimum Gasteiger partial charge on any atom is -0.356 e. The van der Waals surface area contributed by atoms with Gasteiger partial charge in [0.1, 0.15) is 0 Å². The van der Waals surface area contributed by atoms with Crippen molar-refractivity contribution in [2.24, 2.45) is 0 Å². The van der Waals surface area contributed by atoms with Crippen molar-refractivity contribution >= 4 is 32.9 Å². The Kier molecular flexibility index (Phi) is 4.86. The number of anilines is 2. The van der Waals surface area contributed by atoms with Gasteiger partial charge < -0.3 is 5.32 Å². The molecule has 0 radical (unpaired) electrons. The van der Waals surface area contributed by atoms with Crippen molar-refractivity contribution in [1.82, 2.24) is 0 Å². The predicted molar refractivity (Wildman–Crippen MR) is 142 cm³/mol. The molecular weight excluding hydrogens is 398 g/mol. The number of benzene rings is 6. The number of nitrogens with one attached hydrogen (secondary N) is 1. The quantitative estimate of drug-likeness (QED) is 0.280. The molecule has 0 aliphatic rings. The van der Waals surface area contributed by atoms with Crippen molar-refractivity contribution in [2.45, 2.75) is 0 Å². The topological polar surface area (TPSA) is 12.0 Å². The first-order chi connectivity index (χ1) is 16.3. The van der Waals surface area contributed by atoms with Crippen LogP contribution >= 0.6 is 0 Å². The van der Waals surface area contributed by atoms with Crippen molar-refractivity contribution in [3.05, 3.63) is 133 Å². The first kappa shape index (κ1) is 19.3. The van der Waals surface area contributed by atoms with E-state index < -0.39 is 0 Å². The Morgan fingerprint density at radius 1 is 0.364 bits per heavy atom. The van der Waals surface area contributed by atoms with E-state index in [1.54, 1.807) is 0 Å². The molecule has 1 N–H and O–H groups in total. The van der Waals surface area contributed by atoms with Gasteiger partial charge in [0.15, 0.2) is 0 Å². The summed E-state index contributed by atoms with van der Waals surface area (Å²) in [5, 5.41) is 8.67. The van der Waals surface area contributed by atoms with Crippen molar-refractivity contribution < 1.29 is 0 Å². The molecule has 6 aromatic rings. The molecule has 0 unspecified atom stereocenters. The van der Waals surface area contributed by atoms with Gasteiger partial charge >= 0.3 is 0 Å². The first-order valence-corrected chi connectivity index (χ1v) is 11.3. The number of hydrogen-bond donors (Lipinski definition) is 1. The van der Waals surface area contributed by atoms with Gasteiger partial charge in [-0.15, -0.1) is 0 Å². The van der Waals surface area contributed by atoms with Crippen molar-refractivity contribution in [3.63, 3.8) is 0 Å². The molecule has 0 bridgehead atoms. The Morgan fingerprint density at radius 2 is 1.06 bits per heavy atom. The minimum atomic E-state index is 1.08. The van der Waals surface area contributed by atoms with E-state index in [4.69, 9.17) is 0 Å². The Morgan fingerprint density at radius 3 is 1.91 bits per heavy atom. The maximum Gasteiger partial charge on any atom is 0.0390 e. The lowest BCUT2D eigenvalue weighted by Crippen LogP contribution is -1.93. The average Bonchev–Trinajstić information content (AvgIpc) is 2.89. The normalized spacial score (nSPS) is 11.0. The van der Waals surface area contributed by atoms with Gasteiger partial charge in [0.2, 0.25) is 0 Å². The van der Waals surface area contributed by atoms with Crippen LogP contribution in [0.4, 0.5) is 11.4 Å². The van der Waals surface area contributed by atoms with Crippen LogP contribution in [0.3, 0.4) is 0 Å². The molecule has 0 spiro atoms. The molecule has 156 valence electrons. The smallest absolute Gasteiger partial charge is 0.0390 e. The van der Waals surface area contributed by atoms with Crippen LogP contribution in [-0.2, 0) is 0 Å². The van der Waals surface area contributed by atoms with Gasteiger partial charge in [0.25, 0.3) is 0 Å². The summed E-state index contributed by atoms with van der Waals surface area (Å²) in [6.45, 7) is 0. The molecule has 0 fully saturated rings. The molecule has 1 heteroatoms. The van der Waals surface area contributed by atoms with E-state index in [1.807, 2.05) is 6.07 Å². The molecule has 0 heterocycles. The molecule has 0 amide bonds. The third-order valence-corrected chi connectivity index (χ3v) is 6.22. The summed E-state index contributed by atoms with van der Waals surface area (Å²) >= 11 is 0. The summed E-state index contributed by atoms with van der Waals surface area (Å²) in [6, 6.07) is 47.4. The summed E-state index contributed by atoms with van der Waals surface area (Å²) in [5.41, 5.74) is 7.05. The minimum absolute atomic E-state index is 1.08. The Hall–Kier alpha value is -4.36. The van der Waals surface area contributed by atoms with E-state index in [9.17, 15) is 0 Å². The van der Waals surface area contributed by atoms with Crippen LogP contribution in [0.1, 0.15) is 0 Å². The van der Waals surface area contributed by atoms with Crippen LogP contribution in [0.15, 0.2) is 133 Å². The van der Waals surface area contributed by atoms with E-state index in [0.29, 0.717) is 0 Å². The molecule has 6 aromatic carbocycles. The fourth-order valence-electron chi connectivity index (χ4n) is 4.60. The monoisotopic (exact) mass is 421 g/mol. The first-order valence-electron chi connectivity index (χ1n) is 11.3. The third-order valence-electron chi connectivity index (χ3n) is 6.22. The molecule has 0 saturated heterocycles. The summed E-state index contributed by atoms with van der Waals surface area (Å²) in [4.78, 5) is 0. The highest BCUT2D eigenvalue weighted by Crippen LogP contribution is 2.37. The zero-order valence-corrected chi connectivity index (χ0v) is 18.2. The van der Waals surface area contributed by atoms with Gasteiger partial charge in [-0.1, -0.05) is 103 Å². The summed E-state index contributed by atoms with van der Waals surface area (Å²) in [7, 11) is 0. The van der Waals surface area contributed by atoms with Crippen molar-refractivity contribution in [2.75, 3.05) is 5.32 Å². The van der Waals surface area contributed by atoms with Gasteiger partial charge in [-0.25, -0.2) is 0 Å². The van der Waals surface area contributed by atoms with Crippen molar-refractivity contribution in [3.8, 4) is 22.3 Å². The Balaban J connectivity index is 1.52. The van der Waals surface area contributed by atoms with Crippen LogP contribution in [0.2, 0.25) is 0 Å². The van der Waals surface area contributed by atoms with Crippen molar-refractivity contribution in [1.29, 1.82) is 0 Å². The molecule has 6 rings (SSSR count). The average molecular weight is 422 g/mol. The molecule has 33 heavy (non-hydrogen) atoms. The summed E-state index contributed by atoms with van der Waals surface area (Å²) < 4.78 is 0. The molecule has 1 nitrogen and oxygen atoms in total. The second kappa shape index (κ2) is 8.29. The fraction of sp³-hybridized carbons (Fsp3) is 0.